The van der Waals surface area contributed by atoms with E-state index >= 15 is 0 Å². The Hall–Kier alpha value is -1.39. The maximum atomic E-state index is 12.1. The lowest BCUT2D eigenvalue weighted by molar-refractivity contribution is -0.124. The van der Waals surface area contributed by atoms with Crippen LogP contribution in [-0.2, 0) is 16.0 Å². The molecule has 2 aliphatic rings. The SMILES string of the molecule is NC1Cc2ccccc2C1NC(=O)CC1CCCO1. The Balaban J connectivity index is 1.64. The average Bonchev–Trinajstić information content (AvgIpc) is 2.99. The largest absolute Gasteiger partial charge is 0.378 e. The van der Waals surface area contributed by atoms with Crippen molar-refractivity contribution in [1.29, 1.82) is 0 Å². The maximum Gasteiger partial charge on any atom is 0.223 e. The highest BCUT2D eigenvalue weighted by Crippen LogP contribution is 2.30. The molecular weight excluding hydrogens is 240 g/mol. The molecular formula is C15H20N2O2. The molecule has 0 bridgehead atoms. The molecule has 1 aromatic carbocycles. The first-order chi connectivity index (χ1) is 9.24. The topological polar surface area (TPSA) is 64.3 Å². The molecule has 1 fully saturated rings. The van der Waals surface area contributed by atoms with E-state index in [0.29, 0.717) is 6.42 Å². The maximum absolute atomic E-state index is 12.1. The molecule has 1 aromatic rings. The van der Waals surface area contributed by atoms with E-state index < -0.39 is 0 Å². The van der Waals surface area contributed by atoms with Crippen molar-refractivity contribution in [3.05, 3.63) is 35.4 Å². The summed E-state index contributed by atoms with van der Waals surface area (Å²) >= 11 is 0. The number of hydrogen-bond acceptors (Lipinski definition) is 3. The predicted octanol–water partition coefficient (Wildman–Crippen LogP) is 1.30. The number of nitrogens with two attached hydrogens (primary N) is 1. The van der Waals surface area contributed by atoms with Gasteiger partial charge in [-0.1, -0.05) is 24.3 Å². The standard InChI is InChI=1S/C15H20N2O2/c16-13-8-10-4-1-2-6-12(10)15(13)17-14(18)9-11-5-3-7-19-11/h1-2,4,6,11,13,15H,3,5,7-9,16H2,(H,17,18). The van der Waals surface area contributed by atoms with Gasteiger partial charge in [-0.3, -0.25) is 4.79 Å². The highest BCUT2D eigenvalue weighted by atomic mass is 16.5. The first-order valence-electron chi connectivity index (χ1n) is 6.98. The van der Waals surface area contributed by atoms with Gasteiger partial charge in [0.2, 0.25) is 5.91 Å². The van der Waals surface area contributed by atoms with Gasteiger partial charge >= 0.3 is 0 Å². The summed E-state index contributed by atoms with van der Waals surface area (Å²) in [5, 5.41) is 3.07. The number of nitrogens with one attached hydrogen (secondary N) is 1. The third-order valence-electron chi connectivity index (χ3n) is 4.03. The van der Waals surface area contributed by atoms with Crippen LogP contribution in [-0.4, -0.2) is 24.7 Å². The average molecular weight is 260 g/mol. The van der Waals surface area contributed by atoms with Crippen molar-refractivity contribution in [1.82, 2.24) is 5.32 Å². The van der Waals surface area contributed by atoms with Crippen molar-refractivity contribution in [2.75, 3.05) is 6.61 Å². The Morgan fingerprint density at radius 3 is 3.05 bits per heavy atom. The van der Waals surface area contributed by atoms with Gasteiger partial charge in [0.25, 0.3) is 0 Å². The molecule has 1 aliphatic carbocycles. The fourth-order valence-electron chi connectivity index (χ4n) is 3.06. The summed E-state index contributed by atoms with van der Waals surface area (Å²) in [5.74, 6) is 0.0454. The summed E-state index contributed by atoms with van der Waals surface area (Å²) in [4.78, 5) is 12.1. The van der Waals surface area contributed by atoms with Crippen LogP contribution >= 0.6 is 0 Å². The van der Waals surface area contributed by atoms with Crippen LogP contribution in [0, 0.1) is 0 Å². The van der Waals surface area contributed by atoms with Crippen LogP contribution in [0.1, 0.15) is 36.4 Å². The first kappa shape index (κ1) is 12.6. The molecule has 0 radical (unpaired) electrons. The van der Waals surface area contributed by atoms with Gasteiger partial charge < -0.3 is 15.8 Å². The Labute approximate surface area is 113 Å². The zero-order valence-electron chi connectivity index (χ0n) is 11.0. The van der Waals surface area contributed by atoms with Gasteiger partial charge in [0.15, 0.2) is 0 Å². The monoisotopic (exact) mass is 260 g/mol. The third-order valence-corrected chi connectivity index (χ3v) is 4.03. The zero-order chi connectivity index (χ0) is 13.2. The second-order valence-corrected chi connectivity index (χ2v) is 5.45. The van der Waals surface area contributed by atoms with E-state index in [-0.39, 0.29) is 24.1 Å². The highest BCUT2D eigenvalue weighted by Gasteiger charge is 2.31. The van der Waals surface area contributed by atoms with E-state index in [4.69, 9.17) is 10.5 Å². The summed E-state index contributed by atoms with van der Waals surface area (Å²) in [6.45, 7) is 0.781. The van der Waals surface area contributed by atoms with Crippen molar-refractivity contribution < 1.29 is 9.53 Å². The Bertz CT molecular complexity index is 469. The number of hydrogen-bond donors (Lipinski definition) is 2. The van der Waals surface area contributed by atoms with Crippen LogP contribution in [0.3, 0.4) is 0 Å². The zero-order valence-corrected chi connectivity index (χ0v) is 11.0. The third kappa shape index (κ3) is 2.65. The van der Waals surface area contributed by atoms with Crippen LogP contribution in [0.5, 0.6) is 0 Å². The van der Waals surface area contributed by atoms with E-state index in [2.05, 4.69) is 17.4 Å². The summed E-state index contributed by atoms with van der Waals surface area (Å²) in [6, 6.07) is 8.08. The molecule has 1 heterocycles. The fourth-order valence-corrected chi connectivity index (χ4v) is 3.06. The van der Waals surface area contributed by atoms with Crippen molar-refractivity contribution in [2.45, 2.75) is 43.9 Å². The molecule has 4 nitrogen and oxygen atoms in total. The molecule has 3 rings (SSSR count). The van der Waals surface area contributed by atoms with Gasteiger partial charge in [-0.15, -0.1) is 0 Å². The van der Waals surface area contributed by atoms with Crippen LogP contribution in [0.4, 0.5) is 0 Å². The lowest BCUT2D eigenvalue weighted by Gasteiger charge is -2.19. The Kier molecular flexibility index (Phi) is 3.53. The molecule has 4 heteroatoms. The van der Waals surface area contributed by atoms with Gasteiger partial charge in [0, 0.05) is 12.6 Å². The molecule has 1 aliphatic heterocycles. The van der Waals surface area contributed by atoms with E-state index in [1.165, 1.54) is 5.56 Å². The number of benzene rings is 1. The molecule has 19 heavy (non-hydrogen) atoms. The van der Waals surface area contributed by atoms with E-state index in [1.807, 2.05) is 12.1 Å². The molecule has 3 unspecified atom stereocenters. The van der Waals surface area contributed by atoms with E-state index in [9.17, 15) is 4.79 Å². The Morgan fingerprint density at radius 1 is 1.42 bits per heavy atom. The first-order valence-corrected chi connectivity index (χ1v) is 6.98. The second kappa shape index (κ2) is 5.31. The molecule has 102 valence electrons. The van der Waals surface area contributed by atoms with Crippen molar-refractivity contribution >= 4 is 5.91 Å². The van der Waals surface area contributed by atoms with Crippen molar-refractivity contribution in [3.8, 4) is 0 Å². The minimum absolute atomic E-state index is 0.0224. The van der Waals surface area contributed by atoms with Crippen LogP contribution < -0.4 is 11.1 Å². The van der Waals surface area contributed by atoms with Gasteiger partial charge in [-0.25, -0.2) is 0 Å². The minimum atomic E-state index is -0.0508. The summed E-state index contributed by atoms with van der Waals surface area (Å²) < 4.78 is 5.49. The fraction of sp³-hybridized carbons (Fsp3) is 0.533. The van der Waals surface area contributed by atoms with Crippen LogP contribution in [0.2, 0.25) is 0 Å². The van der Waals surface area contributed by atoms with Gasteiger partial charge in [-0.2, -0.15) is 0 Å². The predicted molar refractivity (Wildman–Crippen MR) is 72.6 cm³/mol. The lowest BCUT2D eigenvalue weighted by atomic mass is 10.1. The number of rotatable bonds is 3. The van der Waals surface area contributed by atoms with Gasteiger partial charge in [0.05, 0.1) is 18.6 Å². The van der Waals surface area contributed by atoms with Crippen LogP contribution in [0.25, 0.3) is 0 Å². The minimum Gasteiger partial charge on any atom is -0.378 e. The molecule has 1 amide bonds. The van der Waals surface area contributed by atoms with E-state index in [1.54, 1.807) is 0 Å². The number of ether oxygens (including phenoxy) is 1. The van der Waals surface area contributed by atoms with Crippen LogP contribution in [0.15, 0.2) is 24.3 Å². The molecule has 3 N–H and O–H groups in total. The quantitative estimate of drug-likeness (QED) is 0.861. The van der Waals surface area contributed by atoms with Crippen molar-refractivity contribution in [2.24, 2.45) is 5.73 Å². The number of carbonyl (C=O) groups is 1. The summed E-state index contributed by atoms with van der Waals surface area (Å²) in [5.41, 5.74) is 8.55. The number of carbonyl (C=O) groups excluding carboxylic acids is 1. The lowest BCUT2D eigenvalue weighted by Crippen LogP contribution is -2.39. The summed E-state index contributed by atoms with van der Waals surface area (Å²) in [7, 11) is 0. The molecule has 3 atom stereocenters. The van der Waals surface area contributed by atoms with Crippen molar-refractivity contribution in [3.63, 3.8) is 0 Å². The Morgan fingerprint density at radius 2 is 2.26 bits per heavy atom. The molecule has 0 spiro atoms. The van der Waals surface area contributed by atoms with E-state index in [0.717, 1.165) is 31.4 Å². The highest BCUT2D eigenvalue weighted by molar-refractivity contribution is 5.77. The number of fused-ring (bicyclic) bond motifs is 1. The molecule has 0 aromatic heterocycles. The normalized spacial score (nSPS) is 29.2. The molecule has 0 saturated carbocycles. The smallest absolute Gasteiger partial charge is 0.223 e. The second-order valence-electron chi connectivity index (χ2n) is 5.45. The number of amides is 1. The van der Waals surface area contributed by atoms with Gasteiger partial charge in [-0.05, 0) is 30.4 Å². The molecule has 1 saturated heterocycles. The van der Waals surface area contributed by atoms with Gasteiger partial charge in [0.1, 0.15) is 0 Å². The summed E-state index contributed by atoms with van der Waals surface area (Å²) in [6.07, 6.45) is 3.42.